The molecule has 4 heteroatoms. The lowest BCUT2D eigenvalue weighted by atomic mass is 9.36. The Morgan fingerprint density at radius 2 is 0.905 bits per heavy atom. The summed E-state index contributed by atoms with van der Waals surface area (Å²) in [6.45, 7) is 35.7. The van der Waals surface area contributed by atoms with Gasteiger partial charge in [-0.3, -0.25) is 0 Å². The van der Waals surface area contributed by atoms with Crippen LogP contribution in [0.15, 0.2) is 109 Å². The predicted molar refractivity (Wildman–Crippen MR) is 326 cm³/mol. The lowest BCUT2D eigenvalue weighted by molar-refractivity contribution is 0.443. The summed E-state index contributed by atoms with van der Waals surface area (Å²) in [5.74, 6) is 1.17. The van der Waals surface area contributed by atoms with Crippen molar-refractivity contribution < 1.29 is 0 Å². The number of anilines is 6. The second-order valence-electron chi connectivity index (χ2n) is 28.4. The average molecular weight is 997 g/mol. The van der Waals surface area contributed by atoms with Gasteiger partial charge in [-0.1, -0.05) is 197 Å². The highest BCUT2D eigenvalue weighted by atomic mass is 32.1. The first kappa shape index (κ1) is 51.1. The molecule has 0 atom stereocenters. The zero-order chi connectivity index (χ0) is 52.4. The predicted octanol–water partition coefficient (Wildman–Crippen LogP) is 19.2. The van der Waals surface area contributed by atoms with Gasteiger partial charge in [-0.2, -0.15) is 0 Å². The van der Waals surface area contributed by atoms with E-state index in [9.17, 15) is 0 Å². The molecule has 2 aliphatic carbocycles. The van der Waals surface area contributed by atoms with Crippen LogP contribution in [0, 0.1) is 0 Å². The van der Waals surface area contributed by atoms with Crippen molar-refractivity contribution in [2.45, 2.75) is 207 Å². The van der Waals surface area contributed by atoms with Crippen LogP contribution >= 0.6 is 11.3 Å². The van der Waals surface area contributed by atoms with E-state index in [0.29, 0.717) is 11.8 Å². The minimum Gasteiger partial charge on any atom is -0.311 e. The Kier molecular flexibility index (Phi) is 12.6. The lowest BCUT2D eigenvalue weighted by Crippen LogP contribution is -2.60. The highest BCUT2D eigenvalue weighted by molar-refractivity contribution is 7.33. The molecule has 6 aromatic carbocycles. The van der Waals surface area contributed by atoms with Gasteiger partial charge < -0.3 is 9.80 Å². The molecule has 2 fully saturated rings. The Bertz CT molecular complexity index is 3230. The molecule has 0 bridgehead atoms. The van der Waals surface area contributed by atoms with Crippen LogP contribution < -0.4 is 25.5 Å². The first-order chi connectivity index (χ1) is 34.8. The molecule has 0 unspecified atom stereocenters. The quantitative estimate of drug-likeness (QED) is 0.159. The summed E-state index contributed by atoms with van der Waals surface area (Å²) in [6.07, 6.45) is 13.1. The molecule has 0 spiro atoms. The van der Waals surface area contributed by atoms with Gasteiger partial charge in [0.05, 0.1) is 11.4 Å². The number of rotatable bonds is 5. The van der Waals surface area contributed by atoms with Gasteiger partial charge in [-0.15, -0.1) is 11.3 Å². The third kappa shape index (κ3) is 9.19. The first-order valence-electron chi connectivity index (χ1n) is 28.7. The van der Waals surface area contributed by atoms with Crippen LogP contribution in [0.25, 0.3) is 21.2 Å². The van der Waals surface area contributed by atoms with Gasteiger partial charge in [0.2, 0.25) is 0 Å². The normalized spacial score (nSPS) is 16.9. The number of hydrogen-bond acceptors (Lipinski definition) is 3. The molecule has 0 amide bonds. The van der Waals surface area contributed by atoms with E-state index >= 15 is 0 Å². The zero-order valence-electron chi connectivity index (χ0n) is 48.0. The van der Waals surface area contributed by atoms with E-state index in [1.807, 2.05) is 11.3 Å². The van der Waals surface area contributed by atoms with Gasteiger partial charge in [0.25, 0.3) is 6.71 Å². The minimum atomic E-state index is -0.0359. The Balaban J connectivity index is 1.26. The van der Waals surface area contributed by atoms with E-state index in [1.54, 1.807) is 0 Å². The maximum Gasteiger partial charge on any atom is 0.264 e. The zero-order valence-corrected chi connectivity index (χ0v) is 48.8. The molecule has 7 aromatic rings. The average Bonchev–Trinajstić information content (AvgIpc) is 3.74. The molecular weight excluding hydrogens is 912 g/mol. The molecule has 74 heavy (non-hydrogen) atoms. The van der Waals surface area contributed by atoms with Crippen molar-refractivity contribution in [2.75, 3.05) is 9.80 Å². The Labute approximate surface area is 451 Å². The largest absolute Gasteiger partial charge is 0.311 e. The number of hydrogen-bond donors (Lipinski definition) is 0. The summed E-state index contributed by atoms with van der Waals surface area (Å²) < 4.78 is 2.84. The van der Waals surface area contributed by atoms with Crippen LogP contribution in [0.1, 0.15) is 219 Å². The van der Waals surface area contributed by atoms with Crippen molar-refractivity contribution in [3.63, 3.8) is 0 Å². The second-order valence-corrected chi connectivity index (χ2v) is 29.5. The first-order valence-corrected chi connectivity index (χ1v) is 29.6. The van der Waals surface area contributed by atoms with Gasteiger partial charge in [-0.25, -0.2) is 0 Å². The van der Waals surface area contributed by atoms with E-state index in [2.05, 4.69) is 223 Å². The van der Waals surface area contributed by atoms with E-state index in [1.165, 1.54) is 174 Å². The van der Waals surface area contributed by atoms with Crippen molar-refractivity contribution in [1.82, 2.24) is 0 Å². The summed E-state index contributed by atoms with van der Waals surface area (Å²) in [5.41, 5.74) is 23.2. The number of nitrogens with zero attached hydrogens (tertiary/aromatic N) is 2. The van der Waals surface area contributed by atoms with E-state index in [0.717, 1.165) is 0 Å². The standard InChI is InChI=1S/C70H85BN2S/c1-66(2,3)49-28-33-58(55(41-49)48-36-52(69(10,11)12)40-53(37-48)70(13,14)15)73-59-34-29-51(68(7,8)9)43-57(59)71-63-60(38-47(39-61(63)73)45-24-20-17-21-25-45)72(54-31-26-46(27-32-54)44-22-18-16-19-23-44)64-56-42-50(67(4,5)6)30-35-62(56)74-65(64)71/h26-45H,16-25H2,1-15H3. The van der Waals surface area contributed by atoms with E-state index in [4.69, 9.17) is 0 Å². The molecule has 2 saturated carbocycles. The number of fused-ring (bicyclic) bond motifs is 6. The molecule has 0 N–H and O–H groups in total. The van der Waals surface area contributed by atoms with Gasteiger partial charge in [0.15, 0.2) is 0 Å². The third-order valence-electron chi connectivity index (χ3n) is 17.8. The Morgan fingerprint density at radius 1 is 0.419 bits per heavy atom. The van der Waals surface area contributed by atoms with Crippen LogP contribution in [0.3, 0.4) is 0 Å². The fraction of sp³-hybridized carbons (Fsp3) is 0.457. The van der Waals surface area contributed by atoms with Gasteiger partial charge >= 0.3 is 0 Å². The van der Waals surface area contributed by atoms with Crippen LogP contribution in [-0.4, -0.2) is 6.71 Å². The Hall–Kier alpha value is -5.06. The minimum absolute atomic E-state index is 0.0171. The maximum atomic E-state index is 2.76. The monoisotopic (exact) mass is 997 g/mol. The van der Waals surface area contributed by atoms with E-state index < -0.39 is 0 Å². The molecule has 2 aliphatic heterocycles. The van der Waals surface area contributed by atoms with Gasteiger partial charge in [-0.05, 0) is 175 Å². The molecule has 1 aromatic heterocycles. The summed E-state index contributed by atoms with van der Waals surface area (Å²) >= 11 is 2.04. The van der Waals surface area contributed by atoms with E-state index in [-0.39, 0.29) is 33.8 Å². The molecule has 4 aliphatic rings. The Morgan fingerprint density at radius 3 is 1.46 bits per heavy atom. The summed E-state index contributed by atoms with van der Waals surface area (Å²) in [4.78, 5) is 5.52. The third-order valence-corrected chi connectivity index (χ3v) is 19.0. The van der Waals surface area contributed by atoms with Crippen LogP contribution in [0.2, 0.25) is 0 Å². The lowest BCUT2D eigenvalue weighted by Gasteiger charge is -2.45. The summed E-state index contributed by atoms with van der Waals surface area (Å²) in [7, 11) is 0. The van der Waals surface area contributed by atoms with Gasteiger partial charge in [0.1, 0.15) is 0 Å². The smallest absolute Gasteiger partial charge is 0.264 e. The molecule has 2 nitrogen and oxygen atoms in total. The SMILES string of the molecule is CC(C)(C)c1cc(-c2cc(C(C)(C)C)ccc2N2c3ccc(C(C)(C)C)cc3B3c4sc5ccc(C(C)(C)C)cc5c4N(c4ccc(C5CCCCC5)cc4)c4cc(C5CCCCC5)cc2c43)cc(C(C)(C)C)c1. The molecule has 0 saturated heterocycles. The van der Waals surface area contributed by atoms with Gasteiger partial charge in [0, 0.05) is 43.2 Å². The van der Waals surface area contributed by atoms with Crippen molar-refractivity contribution in [3.8, 4) is 11.1 Å². The topological polar surface area (TPSA) is 6.48 Å². The van der Waals surface area contributed by atoms with Crippen molar-refractivity contribution in [3.05, 3.63) is 148 Å². The maximum absolute atomic E-state index is 2.76. The second kappa shape index (κ2) is 18.3. The van der Waals surface area contributed by atoms with Crippen LogP contribution in [0.5, 0.6) is 0 Å². The summed E-state index contributed by atoms with van der Waals surface area (Å²) in [5, 5.41) is 1.38. The molecule has 11 rings (SSSR count). The van der Waals surface area contributed by atoms with Crippen LogP contribution in [0.4, 0.5) is 34.1 Å². The number of benzene rings is 6. The fourth-order valence-corrected chi connectivity index (χ4v) is 14.3. The highest BCUT2D eigenvalue weighted by Gasteiger charge is 2.47. The number of thiophene rings is 1. The van der Waals surface area contributed by atoms with Crippen molar-refractivity contribution >= 4 is 78.0 Å². The van der Waals surface area contributed by atoms with Crippen molar-refractivity contribution in [1.29, 1.82) is 0 Å². The summed E-state index contributed by atoms with van der Waals surface area (Å²) in [6, 6.07) is 45.4. The highest BCUT2D eigenvalue weighted by Crippen LogP contribution is 2.53. The van der Waals surface area contributed by atoms with Crippen molar-refractivity contribution in [2.24, 2.45) is 0 Å². The van der Waals surface area contributed by atoms with Crippen LogP contribution in [-0.2, 0) is 27.1 Å². The molecular formula is C70H85BN2S. The molecule has 3 heterocycles. The molecule has 0 radical (unpaired) electrons. The fourth-order valence-electron chi connectivity index (χ4n) is 13.0. The molecule has 384 valence electrons.